The van der Waals surface area contributed by atoms with Crippen molar-refractivity contribution in [3.05, 3.63) is 58.6 Å². The predicted molar refractivity (Wildman–Crippen MR) is 107 cm³/mol. The number of rotatable bonds is 9. The molecule has 1 N–H and O–H groups in total. The van der Waals surface area contributed by atoms with Crippen molar-refractivity contribution in [1.29, 1.82) is 0 Å². The maximum atomic E-state index is 12.0. The number of hydrogen-bond acceptors (Lipinski definition) is 6. The third-order valence-corrected chi connectivity index (χ3v) is 4.12. The van der Waals surface area contributed by atoms with Crippen molar-refractivity contribution in [1.82, 2.24) is 5.32 Å². The van der Waals surface area contributed by atoms with Crippen LogP contribution in [0.25, 0.3) is 0 Å². The summed E-state index contributed by atoms with van der Waals surface area (Å²) in [6.45, 7) is 1.67. The summed E-state index contributed by atoms with van der Waals surface area (Å²) in [5, 5.41) is 2.78. The van der Waals surface area contributed by atoms with Gasteiger partial charge in [-0.1, -0.05) is 11.6 Å². The number of benzene rings is 2. The molecule has 0 saturated heterocycles. The molecule has 2 aromatic rings. The quantitative estimate of drug-likeness (QED) is 0.495. The minimum atomic E-state index is -0.702. The number of aryl methyl sites for hydroxylation is 1. The first-order chi connectivity index (χ1) is 13.9. The summed E-state index contributed by atoms with van der Waals surface area (Å²) >= 11 is 5.88. The summed E-state index contributed by atoms with van der Waals surface area (Å²) in [7, 11) is 1.51. The lowest BCUT2D eigenvalue weighted by Gasteiger charge is -2.09. The third kappa shape index (κ3) is 7.46. The fourth-order valence-corrected chi connectivity index (χ4v) is 2.60. The monoisotopic (exact) mass is 419 g/mol. The number of carbonyl (C=O) groups is 3. The molecule has 2 aromatic carbocycles. The van der Waals surface area contributed by atoms with Gasteiger partial charge in [0.15, 0.2) is 6.61 Å². The number of ether oxygens (including phenoxy) is 3. The van der Waals surface area contributed by atoms with E-state index in [0.717, 1.165) is 5.56 Å². The van der Waals surface area contributed by atoms with E-state index in [-0.39, 0.29) is 6.42 Å². The summed E-state index contributed by atoms with van der Waals surface area (Å²) in [4.78, 5) is 35.4. The smallest absolute Gasteiger partial charge is 0.306 e. The zero-order valence-corrected chi connectivity index (χ0v) is 17.0. The van der Waals surface area contributed by atoms with Gasteiger partial charge in [0.05, 0.1) is 13.7 Å². The molecule has 0 bridgehead atoms. The van der Waals surface area contributed by atoms with Crippen molar-refractivity contribution in [2.75, 3.05) is 20.3 Å². The van der Waals surface area contributed by atoms with Crippen molar-refractivity contribution in [3.63, 3.8) is 0 Å². The fraction of sp³-hybridized carbons (Fsp3) is 0.286. The molecule has 154 valence electrons. The Kier molecular flexibility index (Phi) is 8.48. The Morgan fingerprint density at radius 3 is 2.45 bits per heavy atom. The first kappa shape index (κ1) is 22.2. The Morgan fingerprint density at radius 1 is 1.07 bits per heavy atom. The average molecular weight is 420 g/mol. The maximum absolute atomic E-state index is 12.0. The van der Waals surface area contributed by atoms with E-state index in [1.54, 1.807) is 30.3 Å². The van der Waals surface area contributed by atoms with Crippen molar-refractivity contribution >= 4 is 29.4 Å². The SMILES string of the molecule is COc1ccc(C(=O)NC(=O)COC(=O)CCCOc2ccc(Cl)cc2C)cc1. The van der Waals surface area contributed by atoms with Gasteiger partial charge >= 0.3 is 5.97 Å². The molecule has 0 aliphatic heterocycles. The Morgan fingerprint density at radius 2 is 1.79 bits per heavy atom. The second kappa shape index (κ2) is 11.1. The Labute approximate surface area is 173 Å². The van der Waals surface area contributed by atoms with Gasteiger partial charge in [-0.2, -0.15) is 0 Å². The number of carbonyl (C=O) groups excluding carboxylic acids is 3. The number of halogens is 1. The normalized spacial score (nSPS) is 10.2. The number of methoxy groups -OCH3 is 1. The molecule has 0 atom stereocenters. The van der Waals surface area contributed by atoms with E-state index in [1.165, 1.54) is 19.2 Å². The van der Waals surface area contributed by atoms with Gasteiger partial charge in [-0.3, -0.25) is 19.7 Å². The van der Waals surface area contributed by atoms with Gasteiger partial charge in [0, 0.05) is 17.0 Å². The van der Waals surface area contributed by atoms with Crippen LogP contribution < -0.4 is 14.8 Å². The van der Waals surface area contributed by atoms with Crippen LogP contribution in [-0.4, -0.2) is 38.1 Å². The lowest BCUT2D eigenvalue weighted by atomic mass is 10.2. The second-order valence-corrected chi connectivity index (χ2v) is 6.56. The highest BCUT2D eigenvalue weighted by atomic mass is 35.5. The summed E-state index contributed by atoms with van der Waals surface area (Å²) in [5.41, 5.74) is 1.19. The second-order valence-electron chi connectivity index (χ2n) is 6.13. The third-order valence-electron chi connectivity index (χ3n) is 3.89. The van der Waals surface area contributed by atoms with Gasteiger partial charge in [0.1, 0.15) is 11.5 Å². The highest BCUT2D eigenvalue weighted by molar-refractivity contribution is 6.30. The van der Waals surface area contributed by atoms with E-state index in [1.807, 2.05) is 6.92 Å². The molecule has 0 fully saturated rings. The Balaban J connectivity index is 1.64. The number of amides is 2. The number of esters is 1. The molecule has 0 unspecified atom stereocenters. The van der Waals surface area contributed by atoms with Crippen LogP contribution in [-0.2, 0) is 14.3 Å². The molecule has 2 amide bonds. The number of imide groups is 1. The van der Waals surface area contributed by atoms with Crippen LogP contribution in [0.3, 0.4) is 0 Å². The lowest BCUT2D eigenvalue weighted by molar-refractivity contribution is -0.148. The highest BCUT2D eigenvalue weighted by Gasteiger charge is 2.13. The van der Waals surface area contributed by atoms with Crippen LogP contribution in [0, 0.1) is 6.92 Å². The Hall–Kier alpha value is -3.06. The van der Waals surface area contributed by atoms with Crippen molar-refractivity contribution in [2.24, 2.45) is 0 Å². The molecular weight excluding hydrogens is 398 g/mol. The van der Waals surface area contributed by atoms with Crippen molar-refractivity contribution in [2.45, 2.75) is 19.8 Å². The molecule has 0 heterocycles. The molecule has 0 radical (unpaired) electrons. The molecule has 0 aliphatic carbocycles. The van der Waals surface area contributed by atoms with Gasteiger partial charge < -0.3 is 14.2 Å². The standard InChI is InChI=1S/C21H22ClNO6/c1-14-12-16(22)7-10-18(14)28-11-3-4-20(25)29-13-19(24)23-21(26)15-5-8-17(27-2)9-6-15/h5-10,12H,3-4,11,13H2,1-2H3,(H,23,24,26). The van der Waals surface area contributed by atoms with Crippen molar-refractivity contribution in [3.8, 4) is 11.5 Å². The molecular formula is C21H22ClNO6. The zero-order valence-electron chi connectivity index (χ0n) is 16.2. The van der Waals surface area contributed by atoms with E-state index >= 15 is 0 Å². The Bertz CT molecular complexity index is 866. The molecule has 0 aromatic heterocycles. The largest absolute Gasteiger partial charge is 0.497 e. The minimum absolute atomic E-state index is 0.0896. The molecule has 29 heavy (non-hydrogen) atoms. The number of hydrogen-bond donors (Lipinski definition) is 1. The molecule has 0 saturated carbocycles. The average Bonchev–Trinajstić information content (AvgIpc) is 2.71. The van der Waals surface area contributed by atoms with E-state index in [9.17, 15) is 14.4 Å². The van der Waals surface area contributed by atoms with Gasteiger partial charge in [0.25, 0.3) is 11.8 Å². The van der Waals surface area contributed by atoms with E-state index in [2.05, 4.69) is 5.32 Å². The van der Waals surface area contributed by atoms with E-state index < -0.39 is 24.4 Å². The van der Waals surface area contributed by atoms with Crippen LogP contribution in [0.4, 0.5) is 0 Å². The van der Waals surface area contributed by atoms with Crippen LogP contribution in [0.1, 0.15) is 28.8 Å². The van der Waals surface area contributed by atoms with Crippen LogP contribution in [0.2, 0.25) is 5.02 Å². The highest BCUT2D eigenvalue weighted by Crippen LogP contribution is 2.21. The summed E-state index contributed by atoms with van der Waals surface area (Å²) < 4.78 is 15.5. The van der Waals surface area contributed by atoms with E-state index in [4.69, 9.17) is 25.8 Å². The van der Waals surface area contributed by atoms with Crippen LogP contribution in [0.15, 0.2) is 42.5 Å². The molecule has 7 nitrogen and oxygen atoms in total. The maximum Gasteiger partial charge on any atom is 0.306 e. The van der Waals surface area contributed by atoms with Gasteiger partial charge in [0.2, 0.25) is 0 Å². The molecule has 2 rings (SSSR count). The zero-order chi connectivity index (χ0) is 21.2. The van der Waals surface area contributed by atoms with Crippen LogP contribution in [0.5, 0.6) is 11.5 Å². The summed E-state index contributed by atoms with van der Waals surface area (Å²) in [5.74, 6) is -0.544. The first-order valence-electron chi connectivity index (χ1n) is 8.92. The van der Waals surface area contributed by atoms with Gasteiger partial charge in [-0.15, -0.1) is 0 Å². The van der Waals surface area contributed by atoms with Gasteiger partial charge in [-0.25, -0.2) is 0 Å². The first-order valence-corrected chi connectivity index (χ1v) is 9.29. The summed E-state index contributed by atoms with van der Waals surface area (Å²) in [6.07, 6.45) is 0.514. The number of nitrogens with one attached hydrogen (secondary N) is 1. The van der Waals surface area contributed by atoms with E-state index in [0.29, 0.717) is 35.1 Å². The molecule has 8 heteroatoms. The van der Waals surface area contributed by atoms with Gasteiger partial charge in [-0.05, 0) is 61.4 Å². The topological polar surface area (TPSA) is 90.9 Å². The van der Waals surface area contributed by atoms with Crippen molar-refractivity contribution < 1.29 is 28.6 Å². The fourth-order valence-electron chi connectivity index (χ4n) is 2.37. The molecule has 0 spiro atoms. The lowest BCUT2D eigenvalue weighted by Crippen LogP contribution is -2.34. The minimum Gasteiger partial charge on any atom is -0.497 e. The van der Waals surface area contributed by atoms with Crippen LogP contribution >= 0.6 is 11.6 Å². The predicted octanol–water partition coefficient (Wildman–Crippen LogP) is 3.32. The molecule has 0 aliphatic rings. The summed E-state index contributed by atoms with van der Waals surface area (Å²) in [6, 6.07) is 11.5.